The minimum atomic E-state index is -0.587. The van der Waals surface area contributed by atoms with Crippen LogP contribution in [0.2, 0.25) is 5.02 Å². The van der Waals surface area contributed by atoms with Crippen LogP contribution in [0.5, 0.6) is 11.5 Å². The van der Waals surface area contributed by atoms with Crippen molar-refractivity contribution in [3.8, 4) is 11.5 Å². The molecule has 0 saturated heterocycles. The fourth-order valence-electron chi connectivity index (χ4n) is 2.94. The van der Waals surface area contributed by atoms with Crippen molar-refractivity contribution in [3.05, 3.63) is 94.5 Å². The molecule has 0 fully saturated rings. The summed E-state index contributed by atoms with van der Waals surface area (Å²) >= 11 is 6.24. The molecule has 146 valence electrons. The van der Waals surface area contributed by atoms with Crippen molar-refractivity contribution in [3.63, 3.8) is 0 Å². The Bertz CT molecular complexity index is 872. The van der Waals surface area contributed by atoms with Gasteiger partial charge in [-0.3, -0.25) is 0 Å². The number of aliphatic hydroxyl groups excluding tert-OH is 1. The van der Waals surface area contributed by atoms with Crippen molar-refractivity contribution in [1.82, 2.24) is 5.32 Å². The van der Waals surface area contributed by atoms with E-state index in [1.54, 1.807) is 13.2 Å². The van der Waals surface area contributed by atoms with Crippen LogP contribution in [0.25, 0.3) is 0 Å². The van der Waals surface area contributed by atoms with Gasteiger partial charge in [-0.1, -0.05) is 72.3 Å². The van der Waals surface area contributed by atoms with E-state index in [-0.39, 0.29) is 0 Å². The van der Waals surface area contributed by atoms with Crippen LogP contribution in [-0.4, -0.2) is 18.8 Å². The molecule has 28 heavy (non-hydrogen) atoms. The van der Waals surface area contributed by atoms with E-state index in [1.807, 2.05) is 66.7 Å². The molecule has 3 rings (SSSR count). The van der Waals surface area contributed by atoms with Gasteiger partial charge in [-0.25, -0.2) is 0 Å². The number of ether oxygens (including phenoxy) is 2. The molecule has 0 aliphatic heterocycles. The molecule has 0 aromatic heterocycles. The van der Waals surface area contributed by atoms with Gasteiger partial charge in [-0.2, -0.15) is 0 Å². The molecule has 0 radical (unpaired) electrons. The summed E-state index contributed by atoms with van der Waals surface area (Å²) < 4.78 is 11.5. The Kier molecular flexibility index (Phi) is 7.31. The average Bonchev–Trinajstić information content (AvgIpc) is 2.74. The maximum Gasteiger partial charge on any atom is 0.166 e. The zero-order chi connectivity index (χ0) is 19.8. The highest BCUT2D eigenvalue weighted by Crippen LogP contribution is 2.35. The summed E-state index contributed by atoms with van der Waals surface area (Å²) in [7, 11) is 1.59. The fourth-order valence-corrected chi connectivity index (χ4v) is 3.17. The second-order valence-corrected chi connectivity index (χ2v) is 6.86. The number of benzene rings is 3. The van der Waals surface area contributed by atoms with Crippen molar-refractivity contribution in [1.29, 1.82) is 0 Å². The molecule has 5 heteroatoms. The van der Waals surface area contributed by atoms with Crippen LogP contribution in [0.4, 0.5) is 0 Å². The van der Waals surface area contributed by atoms with E-state index in [9.17, 15) is 5.11 Å². The molecule has 0 bridgehead atoms. The zero-order valence-electron chi connectivity index (χ0n) is 15.8. The Morgan fingerprint density at radius 2 is 1.68 bits per heavy atom. The van der Waals surface area contributed by atoms with E-state index in [0.29, 0.717) is 36.2 Å². The number of methoxy groups -OCH3 is 1. The zero-order valence-corrected chi connectivity index (χ0v) is 16.5. The summed E-state index contributed by atoms with van der Waals surface area (Å²) in [6.07, 6.45) is -0.587. The monoisotopic (exact) mass is 397 g/mol. The maximum atomic E-state index is 10.3. The van der Waals surface area contributed by atoms with Crippen molar-refractivity contribution >= 4 is 11.6 Å². The fraction of sp³-hybridized carbons (Fsp3) is 0.217. The summed E-state index contributed by atoms with van der Waals surface area (Å²) in [6, 6.07) is 23.1. The molecule has 0 aliphatic rings. The molecule has 0 heterocycles. The van der Waals surface area contributed by atoms with Gasteiger partial charge in [0, 0.05) is 29.7 Å². The maximum absolute atomic E-state index is 10.3. The smallest absolute Gasteiger partial charge is 0.166 e. The highest BCUT2D eigenvalue weighted by molar-refractivity contribution is 6.30. The lowest BCUT2D eigenvalue weighted by molar-refractivity contribution is 0.174. The molecule has 0 unspecified atom stereocenters. The Labute approximate surface area is 170 Å². The Hall–Kier alpha value is -2.53. The molecule has 3 aromatic carbocycles. The van der Waals surface area contributed by atoms with Crippen LogP contribution < -0.4 is 14.8 Å². The number of nitrogens with one attached hydrogen (secondary N) is 1. The van der Waals surface area contributed by atoms with Gasteiger partial charge >= 0.3 is 0 Å². The molecule has 0 amide bonds. The second-order valence-electron chi connectivity index (χ2n) is 6.43. The quantitative estimate of drug-likeness (QED) is 0.547. The summed E-state index contributed by atoms with van der Waals surface area (Å²) in [6.45, 7) is 1.33. The van der Waals surface area contributed by atoms with Gasteiger partial charge in [0.15, 0.2) is 11.5 Å². The number of hydrogen-bond donors (Lipinski definition) is 2. The van der Waals surface area contributed by atoms with Gasteiger partial charge in [-0.05, 0) is 17.2 Å². The largest absolute Gasteiger partial charge is 0.493 e. The van der Waals surface area contributed by atoms with Crippen LogP contribution in [0, 0.1) is 0 Å². The molecular weight excluding hydrogens is 374 g/mol. The first-order valence-electron chi connectivity index (χ1n) is 9.14. The first-order chi connectivity index (χ1) is 13.7. The third-order valence-corrected chi connectivity index (χ3v) is 4.60. The standard InChI is InChI=1S/C23H24ClNO3/c1-27-22-13-20(24)12-19(23(22)28-16-17-8-4-2-5-9-17)14-25-15-21(26)18-10-6-3-7-11-18/h2-13,21,25-26H,14-16H2,1H3/t21-/m0/s1. The number of aliphatic hydroxyl groups is 1. The predicted molar refractivity (Wildman–Crippen MR) is 112 cm³/mol. The van der Waals surface area contributed by atoms with Gasteiger partial charge in [0.2, 0.25) is 0 Å². The topological polar surface area (TPSA) is 50.7 Å². The lowest BCUT2D eigenvalue weighted by Crippen LogP contribution is -2.21. The highest BCUT2D eigenvalue weighted by atomic mass is 35.5. The lowest BCUT2D eigenvalue weighted by atomic mass is 10.1. The third kappa shape index (κ3) is 5.49. The van der Waals surface area contributed by atoms with Crippen molar-refractivity contribution in [2.24, 2.45) is 0 Å². The molecule has 0 saturated carbocycles. The van der Waals surface area contributed by atoms with Gasteiger partial charge < -0.3 is 19.9 Å². The molecule has 4 nitrogen and oxygen atoms in total. The first-order valence-corrected chi connectivity index (χ1v) is 9.52. The molecular formula is C23H24ClNO3. The van der Waals surface area contributed by atoms with Crippen molar-refractivity contribution < 1.29 is 14.6 Å². The molecule has 2 N–H and O–H groups in total. The first kappa shape index (κ1) is 20.2. The van der Waals surface area contributed by atoms with Crippen molar-refractivity contribution in [2.75, 3.05) is 13.7 Å². The molecule has 1 atom stereocenters. The van der Waals surface area contributed by atoms with Crippen LogP contribution in [0.3, 0.4) is 0 Å². The number of halogens is 1. The van der Waals surface area contributed by atoms with Gasteiger partial charge in [0.1, 0.15) is 6.61 Å². The van der Waals surface area contributed by atoms with E-state index in [2.05, 4.69) is 5.32 Å². The average molecular weight is 398 g/mol. The minimum absolute atomic E-state index is 0.414. The van der Waals surface area contributed by atoms with Gasteiger partial charge in [0.05, 0.1) is 13.2 Å². The third-order valence-electron chi connectivity index (χ3n) is 4.38. The highest BCUT2D eigenvalue weighted by Gasteiger charge is 2.14. The van der Waals surface area contributed by atoms with E-state index in [0.717, 1.165) is 16.7 Å². The normalized spacial score (nSPS) is 11.8. The van der Waals surface area contributed by atoms with E-state index >= 15 is 0 Å². The van der Waals surface area contributed by atoms with Gasteiger partial charge in [0.25, 0.3) is 0 Å². The summed E-state index contributed by atoms with van der Waals surface area (Å²) in [4.78, 5) is 0. The van der Waals surface area contributed by atoms with Crippen LogP contribution in [0.15, 0.2) is 72.8 Å². The SMILES string of the molecule is COc1cc(Cl)cc(CNC[C@H](O)c2ccccc2)c1OCc1ccccc1. The molecule has 0 aliphatic carbocycles. The Morgan fingerprint density at radius 1 is 1.00 bits per heavy atom. The van der Waals surface area contributed by atoms with Crippen LogP contribution in [0.1, 0.15) is 22.8 Å². The number of rotatable bonds is 9. The van der Waals surface area contributed by atoms with Crippen LogP contribution >= 0.6 is 11.6 Å². The van der Waals surface area contributed by atoms with Gasteiger partial charge in [-0.15, -0.1) is 0 Å². The molecule has 3 aromatic rings. The lowest BCUT2D eigenvalue weighted by Gasteiger charge is -2.17. The van der Waals surface area contributed by atoms with E-state index in [1.165, 1.54) is 0 Å². The number of hydrogen-bond acceptors (Lipinski definition) is 4. The second kappa shape index (κ2) is 10.1. The van der Waals surface area contributed by atoms with E-state index in [4.69, 9.17) is 21.1 Å². The predicted octanol–water partition coefficient (Wildman–Crippen LogP) is 4.75. The minimum Gasteiger partial charge on any atom is -0.493 e. The Morgan fingerprint density at radius 3 is 2.36 bits per heavy atom. The summed E-state index contributed by atoms with van der Waals surface area (Å²) in [5.41, 5.74) is 2.82. The Balaban J connectivity index is 1.69. The summed E-state index contributed by atoms with van der Waals surface area (Å²) in [5, 5.41) is 14.2. The molecule has 0 spiro atoms. The van der Waals surface area contributed by atoms with E-state index < -0.39 is 6.10 Å². The van der Waals surface area contributed by atoms with Crippen molar-refractivity contribution in [2.45, 2.75) is 19.3 Å². The van der Waals surface area contributed by atoms with Crippen LogP contribution in [-0.2, 0) is 13.2 Å². The summed E-state index contributed by atoms with van der Waals surface area (Å²) in [5.74, 6) is 1.24.